The van der Waals surface area contributed by atoms with Crippen molar-refractivity contribution in [2.75, 3.05) is 13.2 Å². The van der Waals surface area contributed by atoms with Gasteiger partial charge >= 0.3 is 0 Å². The average Bonchev–Trinajstić information content (AvgIpc) is 2.74. The molecule has 0 unspecified atom stereocenters. The Kier molecular flexibility index (Phi) is 8.21. The van der Waals surface area contributed by atoms with E-state index in [2.05, 4.69) is 0 Å². The summed E-state index contributed by atoms with van der Waals surface area (Å²) in [6, 6.07) is 0. The summed E-state index contributed by atoms with van der Waals surface area (Å²) in [5, 5.41) is 89.4. The molecule has 3 aliphatic heterocycles. The van der Waals surface area contributed by atoms with Gasteiger partial charge in [-0.1, -0.05) is 0 Å². The first-order valence-corrected chi connectivity index (χ1v) is 9.85. The van der Waals surface area contributed by atoms with E-state index >= 15 is 0 Å². The van der Waals surface area contributed by atoms with Gasteiger partial charge in [0.2, 0.25) is 0 Å². The molecular formula is C17H30O14. The van der Waals surface area contributed by atoms with E-state index in [-0.39, 0.29) is 6.61 Å². The summed E-state index contributed by atoms with van der Waals surface area (Å²) >= 11 is 0. The van der Waals surface area contributed by atoms with Gasteiger partial charge in [-0.25, -0.2) is 0 Å². The molecule has 0 aliphatic carbocycles. The van der Waals surface area contributed by atoms with Crippen LogP contribution >= 0.6 is 0 Å². The van der Waals surface area contributed by atoms with Crippen LogP contribution in [0.1, 0.15) is 6.92 Å². The summed E-state index contributed by atoms with van der Waals surface area (Å²) in [7, 11) is 0. The lowest BCUT2D eigenvalue weighted by Gasteiger charge is -2.47. The van der Waals surface area contributed by atoms with Crippen LogP contribution in [0.3, 0.4) is 0 Å². The van der Waals surface area contributed by atoms with Crippen molar-refractivity contribution in [3.8, 4) is 0 Å². The van der Waals surface area contributed by atoms with E-state index in [1.807, 2.05) is 0 Å². The number of hydrogen-bond acceptors (Lipinski definition) is 14. The van der Waals surface area contributed by atoms with Crippen LogP contribution in [0.25, 0.3) is 0 Å². The second kappa shape index (κ2) is 10.1. The van der Waals surface area contributed by atoms with E-state index in [1.54, 1.807) is 0 Å². The molecule has 0 radical (unpaired) electrons. The van der Waals surface area contributed by atoms with Crippen LogP contribution in [0, 0.1) is 0 Å². The van der Waals surface area contributed by atoms with Crippen LogP contribution in [0.4, 0.5) is 0 Å². The van der Waals surface area contributed by atoms with Gasteiger partial charge < -0.3 is 69.6 Å². The van der Waals surface area contributed by atoms with Gasteiger partial charge in [-0.05, 0) is 6.92 Å². The van der Waals surface area contributed by atoms with Gasteiger partial charge in [0.25, 0.3) is 0 Å². The maximum Gasteiger partial charge on any atom is 0.187 e. The standard InChI is InChI=1S/C17H30O14/c1-4-13(8(21)10(23)15(26)28-4)30-17-12(25)9(22)14(6(2-18)29-17)31-16-11(24)7(20)5(19)3-27-16/h4-26H,2-3H2,1H3/t4-,5-,6-,7+,8-,9-,10+,11-,12-,13-,14-,15-,16-,17+/m0/s1. The Morgan fingerprint density at radius 3 is 1.94 bits per heavy atom. The molecule has 0 aromatic heterocycles. The topological polar surface area (TPSA) is 228 Å². The van der Waals surface area contributed by atoms with Gasteiger partial charge in [-0.15, -0.1) is 0 Å². The number of rotatable bonds is 5. The molecule has 182 valence electrons. The van der Waals surface area contributed by atoms with Gasteiger partial charge in [0.05, 0.1) is 19.3 Å². The molecule has 14 heteroatoms. The van der Waals surface area contributed by atoms with Crippen LogP contribution in [0.5, 0.6) is 0 Å². The third kappa shape index (κ3) is 5.02. The fourth-order valence-electron chi connectivity index (χ4n) is 3.75. The molecule has 31 heavy (non-hydrogen) atoms. The average molecular weight is 458 g/mol. The molecule has 3 heterocycles. The van der Waals surface area contributed by atoms with Crippen molar-refractivity contribution in [2.45, 2.75) is 92.9 Å². The maximum atomic E-state index is 10.5. The van der Waals surface area contributed by atoms with E-state index in [1.165, 1.54) is 6.92 Å². The fourth-order valence-corrected chi connectivity index (χ4v) is 3.75. The molecule has 0 bridgehead atoms. The zero-order chi connectivity index (χ0) is 23.0. The predicted molar refractivity (Wildman–Crippen MR) is 93.8 cm³/mol. The maximum absolute atomic E-state index is 10.5. The lowest BCUT2D eigenvalue weighted by Crippen LogP contribution is -2.65. The number of aliphatic hydroxyl groups is 9. The third-order valence-corrected chi connectivity index (χ3v) is 5.65. The highest BCUT2D eigenvalue weighted by atomic mass is 16.7. The largest absolute Gasteiger partial charge is 0.394 e. The molecule has 3 fully saturated rings. The first-order valence-electron chi connectivity index (χ1n) is 9.85. The van der Waals surface area contributed by atoms with Crippen LogP contribution in [-0.2, 0) is 23.7 Å². The Labute approximate surface area is 176 Å². The molecular weight excluding hydrogens is 428 g/mol. The Balaban J connectivity index is 1.68. The predicted octanol–water partition coefficient (Wildman–Crippen LogP) is -5.91. The van der Waals surface area contributed by atoms with Crippen molar-refractivity contribution >= 4 is 0 Å². The van der Waals surface area contributed by atoms with Crippen molar-refractivity contribution in [3.63, 3.8) is 0 Å². The van der Waals surface area contributed by atoms with Crippen molar-refractivity contribution in [3.05, 3.63) is 0 Å². The molecule has 0 spiro atoms. The molecule has 3 aliphatic rings. The smallest absolute Gasteiger partial charge is 0.187 e. The molecule has 3 rings (SSSR count). The highest BCUT2D eigenvalue weighted by Crippen LogP contribution is 2.31. The minimum Gasteiger partial charge on any atom is -0.394 e. The summed E-state index contributed by atoms with van der Waals surface area (Å²) in [6.07, 6.45) is -21.1. The van der Waals surface area contributed by atoms with Crippen molar-refractivity contribution in [1.82, 2.24) is 0 Å². The molecule has 9 N–H and O–H groups in total. The second-order valence-electron chi connectivity index (χ2n) is 7.87. The van der Waals surface area contributed by atoms with Gasteiger partial charge in [-0.2, -0.15) is 0 Å². The first kappa shape index (κ1) is 25.1. The van der Waals surface area contributed by atoms with E-state index in [0.717, 1.165) is 0 Å². The van der Waals surface area contributed by atoms with E-state index in [0.29, 0.717) is 0 Å². The quantitative estimate of drug-likeness (QED) is 0.187. The summed E-state index contributed by atoms with van der Waals surface area (Å²) in [6.45, 7) is 0.352. The minimum absolute atomic E-state index is 0.365. The number of hydrogen-bond donors (Lipinski definition) is 9. The lowest BCUT2D eigenvalue weighted by molar-refractivity contribution is -0.370. The Hall–Kier alpha value is -0.560. The van der Waals surface area contributed by atoms with E-state index < -0.39 is 92.6 Å². The molecule has 14 nitrogen and oxygen atoms in total. The summed E-state index contributed by atoms with van der Waals surface area (Å²) < 4.78 is 26.5. The molecule has 0 aromatic rings. The summed E-state index contributed by atoms with van der Waals surface area (Å²) in [4.78, 5) is 0. The summed E-state index contributed by atoms with van der Waals surface area (Å²) in [5.41, 5.74) is 0. The highest BCUT2D eigenvalue weighted by Gasteiger charge is 2.51. The fraction of sp³-hybridized carbons (Fsp3) is 1.00. The Morgan fingerprint density at radius 1 is 0.710 bits per heavy atom. The Bertz CT molecular complexity index is 579. The van der Waals surface area contributed by atoms with Gasteiger partial charge in [0.15, 0.2) is 18.9 Å². The normalized spacial score (nSPS) is 54.0. The third-order valence-electron chi connectivity index (χ3n) is 5.65. The monoisotopic (exact) mass is 458 g/mol. The van der Waals surface area contributed by atoms with Gasteiger partial charge in [0, 0.05) is 0 Å². The zero-order valence-corrected chi connectivity index (χ0v) is 16.6. The zero-order valence-electron chi connectivity index (χ0n) is 16.6. The first-order chi connectivity index (χ1) is 14.6. The minimum atomic E-state index is -1.77. The Morgan fingerprint density at radius 2 is 1.29 bits per heavy atom. The van der Waals surface area contributed by atoms with E-state index in [9.17, 15) is 46.0 Å². The number of aliphatic hydroxyl groups excluding tert-OH is 9. The molecule has 0 amide bonds. The molecule has 0 saturated carbocycles. The van der Waals surface area contributed by atoms with Crippen molar-refractivity contribution in [2.24, 2.45) is 0 Å². The highest BCUT2D eigenvalue weighted by molar-refractivity contribution is 4.94. The van der Waals surface area contributed by atoms with Crippen LogP contribution in [0.15, 0.2) is 0 Å². The van der Waals surface area contributed by atoms with Crippen LogP contribution in [-0.4, -0.2) is 145 Å². The van der Waals surface area contributed by atoms with Crippen molar-refractivity contribution < 1.29 is 69.6 Å². The van der Waals surface area contributed by atoms with Gasteiger partial charge in [0.1, 0.15) is 61.0 Å². The van der Waals surface area contributed by atoms with Crippen LogP contribution < -0.4 is 0 Å². The second-order valence-corrected chi connectivity index (χ2v) is 7.87. The molecule has 0 aromatic carbocycles. The van der Waals surface area contributed by atoms with Crippen LogP contribution in [0.2, 0.25) is 0 Å². The summed E-state index contributed by atoms with van der Waals surface area (Å²) in [5.74, 6) is 0. The molecule has 14 atom stereocenters. The van der Waals surface area contributed by atoms with Gasteiger partial charge in [-0.3, -0.25) is 0 Å². The SMILES string of the molecule is C[C@@H]1O[C@H](O)[C@H](O)[C@H](O)[C@H]1O[C@H]1O[C@@H](CO)[C@H](O[C@@H]2OC[C@H](O)[C@@H](O)[C@@H]2O)[C@@H](O)[C@@H]1O. The van der Waals surface area contributed by atoms with E-state index in [4.69, 9.17) is 23.7 Å². The molecule has 3 saturated heterocycles. The number of ether oxygens (including phenoxy) is 5. The van der Waals surface area contributed by atoms with Crippen molar-refractivity contribution in [1.29, 1.82) is 0 Å². The lowest BCUT2D eigenvalue weighted by atomic mass is 9.97.